The van der Waals surface area contributed by atoms with Gasteiger partial charge in [-0.05, 0) is 36.8 Å². The molecule has 0 bridgehead atoms. The van der Waals surface area contributed by atoms with E-state index in [4.69, 9.17) is 11.6 Å². The van der Waals surface area contributed by atoms with Gasteiger partial charge in [0.05, 0.1) is 6.54 Å². The van der Waals surface area contributed by atoms with E-state index in [2.05, 4.69) is 10.6 Å². The van der Waals surface area contributed by atoms with Gasteiger partial charge in [-0.25, -0.2) is 4.79 Å². The summed E-state index contributed by atoms with van der Waals surface area (Å²) in [6, 6.07) is 15.2. The van der Waals surface area contributed by atoms with E-state index in [0.717, 1.165) is 6.42 Å². The fraction of sp³-hybridized carbons (Fsp3) is 0.286. The number of halogens is 1. The number of rotatable bonds is 4. The predicted octanol–water partition coefficient (Wildman–Crippen LogP) is 2.84. The minimum Gasteiger partial charge on any atom is -0.337 e. The molecule has 8 heteroatoms. The van der Waals surface area contributed by atoms with Gasteiger partial charge in [-0.15, -0.1) is 0 Å². The topological polar surface area (TPSA) is 81.8 Å². The maximum absolute atomic E-state index is 12.7. The summed E-state index contributed by atoms with van der Waals surface area (Å²) in [7, 11) is 0. The normalized spacial score (nSPS) is 14.7. The van der Waals surface area contributed by atoms with Crippen LogP contribution in [0.2, 0.25) is 5.02 Å². The molecule has 0 spiro atoms. The van der Waals surface area contributed by atoms with Crippen LogP contribution in [0.3, 0.4) is 0 Å². The van der Waals surface area contributed by atoms with Crippen molar-refractivity contribution in [2.24, 2.45) is 0 Å². The maximum Gasteiger partial charge on any atom is 0.325 e. The second kappa shape index (κ2) is 10.0. The van der Waals surface area contributed by atoms with Gasteiger partial charge in [0.15, 0.2) is 0 Å². The summed E-state index contributed by atoms with van der Waals surface area (Å²) >= 11 is 5.98. The summed E-state index contributed by atoms with van der Waals surface area (Å²) in [5.74, 6) is -0.450. The number of para-hydroxylation sites is 1. The number of hydrogen-bond acceptors (Lipinski definition) is 4. The van der Waals surface area contributed by atoms with Crippen molar-refractivity contribution in [2.75, 3.05) is 38.0 Å². The summed E-state index contributed by atoms with van der Waals surface area (Å²) in [4.78, 5) is 40.5. The smallest absolute Gasteiger partial charge is 0.325 e. The first kappa shape index (κ1) is 20.8. The molecule has 0 aliphatic carbocycles. The minimum absolute atomic E-state index is 0.0685. The van der Waals surface area contributed by atoms with Crippen LogP contribution in [0.4, 0.5) is 10.5 Å². The molecule has 0 radical (unpaired) electrons. The molecule has 2 aromatic rings. The van der Waals surface area contributed by atoms with E-state index in [1.165, 1.54) is 0 Å². The van der Waals surface area contributed by atoms with Crippen LogP contribution in [0.25, 0.3) is 0 Å². The quantitative estimate of drug-likeness (QED) is 0.806. The van der Waals surface area contributed by atoms with E-state index in [1.54, 1.807) is 53.4 Å². The van der Waals surface area contributed by atoms with Gasteiger partial charge in [0.1, 0.15) is 0 Å². The van der Waals surface area contributed by atoms with E-state index in [0.29, 0.717) is 42.5 Å². The Morgan fingerprint density at radius 1 is 0.931 bits per heavy atom. The fourth-order valence-electron chi connectivity index (χ4n) is 3.19. The first-order valence-electron chi connectivity index (χ1n) is 9.44. The van der Waals surface area contributed by atoms with Gasteiger partial charge in [0, 0.05) is 42.5 Å². The number of carbonyl (C=O) groups excluding carboxylic acids is 3. The third-order valence-corrected chi connectivity index (χ3v) is 4.83. The Morgan fingerprint density at radius 2 is 1.72 bits per heavy atom. The summed E-state index contributed by atoms with van der Waals surface area (Å²) in [5.41, 5.74) is 1.17. The van der Waals surface area contributed by atoms with Crippen LogP contribution < -0.4 is 10.6 Å². The van der Waals surface area contributed by atoms with Crippen molar-refractivity contribution < 1.29 is 14.4 Å². The molecule has 7 nitrogen and oxygen atoms in total. The molecule has 29 heavy (non-hydrogen) atoms. The molecule has 0 saturated carbocycles. The first-order valence-corrected chi connectivity index (χ1v) is 9.82. The molecule has 2 N–H and O–H groups in total. The highest BCUT2D eigenvalue weighted by Gasteiger charge is 2.22. The van der Waals surface area contributed by atoms with Crippen molar-refractivity contribution in [3.05, 3.63) is 65.2 Å². The zero-order chi connectivity index (χ0) is 20.6. The number of nitrogens with zero attached hydrogens (tertiary/aromatic N) is 2. The molecule has 152 valence electrons. The van der Waals surface area contributed by atoms with Crippen LogP contribution >= 0.6 is 11.6 Å². The molecule has 1 aliphatic rings. The van der Waals surface area contributed by atoms with Crippen LogP contribution in [0.15, 0.2) is 54.6 Å². The highest BCUT2D eigenvalue weighted by molar-refractivity contribution is 6.30. The maximum atomic E-state index is 12.7. The summed E-state index contributed by atoms with van der Waals surface area (Å²) in [5, 5.41) is 5.48. The zero-order valence-corrected chi connectivity index (χ0v) is 16.7. The van der Waals surface area contributed by atoms with Crippen LogP contribution in [0.1, 0.15) is 16.8 Å². The molecular weight excluding hydrogens is 392 g/mol. The van der Waals surface area contributed by atoms with E-state index < -0.39 is 6.03 Å². The third-order valence-electron chi connectivity index (χ3n) is 4.60. The van der Waals surface area contributed by atoms with E-state index in [9.17, 15) is 14.4 Å². The Hall–Kier alpha value is -2.90. The lowest BCUT2D eigenvalue weighted by molar-refractivity contribution is -0.121. The second-order valence-electron chi connectivity index (χ2n) is 6.80. The van der Waals surface area contributed by atoms with E-state index in [1.807, 2.05) is 11.0 Å². The van der Waals surface area contributed by atoms with Gasteiger partial charge in [-0.2, -0.15) is 0 Å². The molecule has 3 rings (SSSR count). The highest BCUT2D eigenvalue weighted by Crippen LogP contribution is 2.14. The van der Waals surface area contributed by atoms with Crippen molar-refractivity contribution in [3.8, 4) is 0 Å². The largest absolute Gasteiger partial charge is 0.337 e. The molecule has 1 aliphatic heterocycles. The number of benzene rings is 2. The lowest BCUT2D eigenvalue weighted by Gasteiger charge is -2.21. The van der Waals surface area contributed by atoms with Crippen molar-refractivity contribution >= 4 is 35.1 Å². The molecule has 1 saturated heterocycles. The van der Waals surface area contributed by atoms with Gasteiger partial charge in [-0.3, -0.25) is 19.8 Å². The Bertz CT molecular complexity index is 875. The second-order valence-corrected chi connectivity index (χ2v) is 7.24. The average molecular weight is 415 g/mol. The Balaban J connectivity index is 1.47. The van der Waals surface area contributed by atoms with E-state index >= 15 is 0 Å². The average Bonchev–Trinajstić information content (AvgIpc) is 2.93. The van der Waals surface area contributed by atoms with E-state index in [-0.39, 0.29) is 18.4 Å². The van der Waals surface area contributed by atoms with Crippen molar-refractivity contribution in [1.29, 1.82) is 0 Å². The lowest BCUT2D eigenvalue weighted by Crippen LogP contribution is -2.43. The van der Waals surface area contributed by atoms with Crippen LogP contribution in [0, 0.1) is 0 Å². The summed E-state index contributed by atoms with van der Waals surface area (Å²) < 4.78 is 0. The number of urea groups is 1. The van der Waals surface area contributed by atoms with Gasteiger partial charge in [0.25, 0.3) is 5.91 Å². The Morgan fingerprint density at radius 3 is 2.48 bits per heavy atom. The predicted molar refractivity (Wildman–Crippen MR) is 112 cm³/mol. The van der Waals surface area contributed by atoms with Crippen LogP contribution in [-0.4, -0.2) is 60.4 Å². The molecular formula is C21H23ClN4O3. The van der Waals surface area contributed by atoms with Crippen molar-refractivity contribution in [1.82, 2.24) is 15.1 Å². The number of anilines is 1. The SMILES string of the molecule is O=C(CN1CCCN(C(=O)c2cccc(Cl)c2)CC1)NC(=O)Nc1ccccc1. The van der Waals surface area contributed by atoms with Gasteiger partial charge in [-0.1, -0.05) is 35.9 Å². The zero-order valence-electron chi connectivity index (χ0n) is 15.9. The van der Waals surface area contributed by atoms with Gasteiger partial charge >= 0.3 is 6.03 Å². The molecule has 2 aromatic carbocycles. The molecule has 0 atom stereocenters. The first-order chi connectivity index (χ1) is 14.0. The lowest BCUT2D eigenvalue weighted by atomic mass is 10.2. The van der Waals surface area contributed by atoms with Crippen LogP contribution in [0.5, 0.6) is 0 Å². The fourth-order valence-corrected chi connectivity index (χ4v) is 3.38. The molecule has 1 heterocycles. The molecule has 0 unspecified atom stereocenters. The van der Waals surface area contributed by atoms with Gasteiger partial charge in [0.2, 0.25) is 5.91 Å². The highest BCUT2D eigenvalue weighted by atomic mass is 35.5. The molecule has 4 amide bonds. The molecule has 1 fully saturated rings. The summed E-state index contributed by atoms with van der Waals surface area (Å²) in [6.07, 6.45) is 0.746. The summed E-state index contributed by atoms with van der Waals surface area (Å²) in [6.45, 7) is 2.45. The molecule has 0 aromatic heterocycles. The number of nitrogens with one attached hydrogen (secondary N) is 2. The van der Waals surface area contributed by atoms with Gasteiger partial charge < -0.3 is 10.2 Å². The van der Waals surface area contributed by atoms with Crippen molar-refractivity contribution in [3.63, 3.8) is 0 Å². The monoisotopic (exact) mass is 414 g/mol. The van der Waals surface area contributed by atoms with Crippen molar-refractivity contribution in [2.45, 2.75) is 6.42 Å². The number of carbonyl (C=O) groups is 3. The number of amides is 4. The van der Waals surface area contributed by atoms with Crippen LogP contribution in [-0.2, 0) is 4.79 Å². The number of imide groups is 1. The number of hydrogen-bond donors (Lipinski definition) is 2. The standard InChI is InChI=1S/C21H23ClN4O3/c22-17-7-4-6-16(14-17)20(28)26-11-5-10-25(12-13-26)15-19(27)24-21(29)23-18-8-2-1-3-9-18/h1-4,6-9,14H,5,10-13,15H2,(H2,23,24,27,29). The third kappa shape index (κ3) is 6.30. The Kier molecular flexibility index (Phi) is 7.21. The Labute approximate surface area is 174 Å². The minimum atomic E-state index is -0.561.